The van der Waals surface area contributed by atoms with E-state index in [9.17, 15) is 32.5 Å². The first kappa shape index (κ1) is 15.3. The number of carbonyl (C=O) groups excluding carboxylic acids is 1. The van der Waals surface area contributed by atoms with E-state index in [1.807, 2.05) is 0 Å². The lowest BCUT2D eigenvalue weighted by Crippen LogP contribution is -2.41. The van der Waals surface area contributed by atoms with Crippen molar-refractivity contribution in [1.29, 1.82) is 0 Å². The molecule has 0 atom stereocenters. The molecule has 0 heterocycles. The third-order valence-electron chi connectivity index (χ3n) is 1.98. The van der Waals surface area contributed by atoms with Gasteiger partial charge in [-0.25, -0.2) is 8.78 Å². The van der Waals surface area contributed by atoms with E-state index >= 15 is 0 Å². The Hall–Kier alpha value is -1.71. The largest absolute Gasteiger partial charge is 0.383 e. The predicted octanol–water partition coefficient (Wildman–Crippen LogP) is 3.20. The summed E-state index contributed by atoms with van der Waals surface area (Å²) in [4.78, 5) is 20.7. The molecule has 0 spiro atoms. The van der Waals surface area contributed by atoms with Crippen molar-refractivity contribution in [3.8, 4) is 0 Å². The molecule has 1 N–H and O–H groups in total. The quantitative estimate of drug-likeness (QED) is 0.518. The molecular weight excluding hydrogens is 340 g/mol. The lowest BCUT2D eigenvalue weighted by atomic mass is 10.2. The van der Waals surface area contributed by atoms with Gasteiger partial charge in [-0.15, -0.1) is 0 Å². The van der Waals surface area contributed by atoms with Gasteiger partial charge in [0.05, 0.1) is 4.92 Å². The van der Waals surface area contributed by atoms with Gasteiger partial charge in [-0.05, 0) is 12.1 Å². The summed E-state index contributed by atoms with van der Waals surface area (Å²) in [6, 6.07) is 3.11. The third-order valence-corrected chi connectivity index (χ3v) is 2.47. The van der Waals surface area contributed by atoms with Crippen LogP contribution in [0.5, 0.6) is 0 Å². The highest BCUT2D eigenvalue weighted by Crippen LogP contribution is 2.30. The molecule has 5 nitrogen and oxygen atoms in total. The molecule has 1 rings (SSSR count). The molecule has 10 heteroatoms. The summed E-state index contributed by atoms with van der Waals surface area (Å²) >= 11 is 2.91. The van der Waals surface area contributed by atoms with Crippen molar-refractivity contribution < 1.29 is 27.3 Å². The van der Waals surface area contributed by atoms with Crippen LogP contribution in [0.25, 0.3) is 0 Å². The number of nitrogens with zero attached hydrogens (tertiary/aromatic N) is 1. The standard InChI is InChI=1S/C9H5BrF4N2O3/c10-4-1-2-5(6(3-4)16(18)19)15-8(17)9(13,14)7(11)12/h1-3,7H,(H,15,17). The van der Waals surface area contributed by atoms with Crippen LogP contribution in [0.15, 0.2) is 22.7 Å². The highest BCUT2D eigenvalue weighted by atomic mass is 79.9. The number of rotatable bonds is 4. The van der Waals surface area contributed by atoms with Crippen LogP contribution in [-0.2, 0) is 4.79 Å². The molecule has 0 saturated carbocycles. The van der Waals surface area contributed by atoms with Crippen LogP contribution in [-0.4, -0.2) is 23.2 Å². The first-order valence-electron chi connectivity index (χ1n) is 4.57. The van der Waals surface area contributed by atoms with Crippen molar-refractivity contribution >= 4 is 33.2 Å². The topological polar surface area (TPSA) is 72.2 Å². The van der Waals surface area contributed by atoms with Crippen molar-refractivity contribution in [3.05, 3.63) is 32.8 Å². The van der Waals surface area contributed by atoms with Crippen molar-refractivity contribution in [2.75, 3.05) is 5.32 Å². The molecule has 104 valence electrons. The second-order valence-corrected chi connectivity index (χ2v) is 4.21. The van der Waals surface area contributed by atoms with Gasteiger partial charge < -0.3 is 5.32 Å². The van der Waals surface area contributed by atoms with E-state index in [1.165, 1.54) is 11.4 Å². The van der Waals surface area contributed by atoms with Gasteiger partial charge in [-0.3, -0.25) is 14.9 Å². The number of hydrogen-bond donors (Lipinski definition) is 1. The molecule has 0 unspecified atom stereocenters. The first-order chi connectivity index (χ1) is 8.66. The zero-order valence-electron chi connectivity index (χ0n) is 8.87. The van der Waals surface area contributed by atoms with Crippen LogP contribution in [0.2, 0.25) is 0 Å². The van der Waals surface area contributed by atoms with Gasteiger partial charge in [0, 0.05) is 10.5 Å². The summed E-state index contributed by atoms with van der Waals surface area (Å²) in [5.41, 5.74) is -1.30. The minimum absolute atomic E-state index is 0.262. The van der Waals surface area contributed by atoms with Crippen molar-refractivity contribution in [3.63, 3.8) is 0 Å². The number of carbonyl (C=O) groups is 1. The molecule has 0 fully saturated rings. The molecule has 0 aromatic heterocycles. The second kappa shape index (κ2) is 5.51. The maximum Gasteiger partial charge on any atom is 0.383 e. The Balaban J connectivity index is 3.07. The summed E-state index contributed by atoms with van der Waals surface area (Å²) in [6.45, 7) is 0. The normalized spacial score (nSPS) is 11.5. The maximum atomic E-state index is 12.7. The van der Waals surface area contributed by atoms with Crippen LogP contribution in [0.3, 0.4) is 0 Å². The van der Waals surface area contributed by atoms with E-state index in [4.69, 9.17) is 0 Å². The molecule has 0 bridgehead atoms. The van der Waals surface area contributed by atoms with Gasteiger partial charge in [0.25, 0.3) is 5.69 Å². The Bertz CT molecular complexity index is 524. The number of anilines is 1. The Morgan fingerprint density at radius 3 is 2.47 bits per heavy atom. The Morgan fingerprint density at radius 2 is 2.00 bits per heavy atom. The van der Waals surface area contributed by atoms with Crippen LogP contribution in [0, 0.1) is 10.1 Å². The van der Waals surface area contributed by atoms with Gasteiger partial charge in [-0.2, -0.15) is 8.78 Å². The van der Waals surface area contributed by atoms with Crippen molar-refractivity contribution in [1.82, 2.24) is 0 Å². The molecule has 1 aromatic carbocycles. The van der Waals surface area contributed by atoms with Crippen LogP contribution in [0.4, 0.5) is 28.9 Å². The Kier molecular flexibility index (Phi) is 4.45. The number of nitro groups is 1. The summed E-state index contributed by atoms with van der Waals surface area (Å²) in [6.07, 6.45) is -4.21. The third kappa shape index (κ3) is 3.40. The number of nitrogens with one attached hydrogen (secondary N) is 1. The van der Waals surface area contributed by atoms with Crippen molar-refractivity contribution in [2.45, 2.75) is 12.3 Å². The molecule has 0 radical (unpaired) electrons. The number of alkyl halides is 4. The fourth-order valence-electron chi connectivity index (χ4n) is 1.07. The lowest BCUT2D eigenvalue weighted by Gasteiger charge is -2.14. The zero-order chi connectivity index (χ0) is 14.8. The van der Waals surface area contributed by atoms with Crippen LogP contribution in [0.1, 0.15) is 0 Å². The molecule has 19 heavy (non-hydrogen) atoms. The average Bonchev–Trinajstić information content (AvgIpc) is 2.30. The number of benzene rings is 1. The number of nitro benzene ring substituents is 1. The van der Waals surface area contributed by atoms with Gasteiger partial charge in [0.2, 0.25) is 0 Å². The maximum absolute atomic E-state index is 12.7. The smallest absolute Gasteiger partial charge is 0.315 e. The molecular formula is C9H5BrF4N2O3. The number of hydrogen-bond acceptors (Lipinski definition) is 3. The lowest BCUT2D eigenvalue weighted by molar-refractivity contribution is -0.384. The predicted molar refractivity (Wildman–Crippen MR) is 60.4 cm³/mol. The molecule has 1 amide bonds. The zero-order valence-corrected chi connectivity index (χ0v) is 10.5. The van der Waals surface area contributed by atoms with E-state index in [2.05, 4.69) is 15.9 Å². The molecule has 1 aromatic rings. The van der Waals surface area contributed by atoms with E-state index in [-0.39, 0.29) is 4.47 Å². The summed E-state index contributed by atoms with van der Waals surface area (Å²) in [7, 11) is 0. The highest BCUT2D eigenvalue weighted by Gasteiger charge is 2.49. The Labute approximate surface area is 111 Å². The van der Waals surface area contributed by atoms with Gasteiger partial charge in [0.1, 0.15) is 5.69 Å². The first-order valence-corrected chi connectivity index (χ1v) is 5.37. The van der Waals surface area contributed by atoms with E-state index in [1.54, 1.807) is 0 Å². The molecule has 0 aliphatic carbocycles. The van der Waals surface area contributed by atoms with Gasteiger partial charge >= 0.3 is 18.3 Å². The molecule has 0 aliphatic rings. The fourth-order valence-corrected chi connectivity index (χ4v) is 1.42. The average molecular weight is 345 g/mol. The highest BCUT2D eigenvalue weighted by molar-refractivity contribution is 9.10. The van der Waals surface area contributed by atoms with Crippen molar-refractivity contribution in [2.24, 2.45) is 0 Å². The van der Waals surface area contributed by atoms with Gasteiger partial charge in [0.15, 0.2) is 0 Å². The van der Waals surface area contributed by atoms with Crippen LogP contribution >= 0.6 is 15.9 Å². The van der Waals surface area contributed by atoms with E-state index < -0.39 is 34.6 Å². The Morgan fingerprint density at radius 1 is 1.42 bits per heavy atom. The van der Waals surface area contributed by atoms with Gasteiger partial charge in [-0.1, -0.05) is 15.9 Å². The minimum atomic E-state index is -4.93. The number of halogens is 5. The monoisotopic (exact) mass is 344 g/mol. The second-order valence-electron chi connectivity index (χ2n) is 3.30. The molecule has 0 saturated heterocycles. The SMILES string of the molecule is O=C(Nc1ccc(Br)cc1[N+](=O)[O-])C(F)(F)C(F)F. The molecule has 0 aliphatic heterocycles. The number of amides is 1. The minimum Gasteiger partial charge on any atom is -0.315 e. The van der Waals surface area contributed by atoms with E-state index in [0.29, 0.717) is 0 Å². The fraction of sp³-hybridized carbons (Fsp3) is 0.222. The summed E-state index contributed by atoms with van der Waals surface area (Å²) in [5.74, 6) is -7.24. The van der Waals surface area contributed by atoms with E-state index in [0.717, 1.165) is 12.1 Å². The van der Waals surface area contributed by atoms with Crippen LogP contribution < -0.4 is 5.32 Å². The summed E-state index contributed by atoms with van der Waals surface area (Å²) in [5, 5.41) is 12.0. The summed E-state index contributed by atoms with van der Waals surface area (Å²) < 4.78 is 49.5.